The van der Waals surface area contributed by atoms with Crippen molar-refractivity contribution in [2.75, 3.05) is 20.2 Å². The molecule has 1 fully saturated rings. The van der Waals surface area contributed by atoms with E-state index < -0.39 is 0 Å². The summed E-state index contributed by atoms with van der Waals surface area (Å²) in [4.78, 5) is 31.4. The number of nitrogens with one attached hydrogen (secondary N) is 1. The molecule has 7 nitrogen and oxygen atoms in total. The summed E-state index contributed by atoms with van der Waals surface area (Å²) in [6.07, 6.45) is 2.66. The highest BCUT2D eigenvalue weighted by atomic mass is 32.1. The zero-order valence-electron chi connectivity index (χ0n) is 15.1. The van der Waals surface area contributed by atoms with E-state index in [9.17, 15) is 9.59 Å². The van der Waals surface area contributed by atoms with Gasteiger partial charge < -0.3 is 15.0 Å². The molecule has 27 heavy (non-hydrogen) atoms. The first-order valence-corrected chi connectivity index (χ1v) is 9.60. The fourth-order valence-electron chi connectivity index (χ4n) is 3.37. The van der Waals surface area contributed by atoms with Crippen LogP contribution in [0.4, 0.5) is 0 Å². The van der Waals surface area contributed by atoms with Crippen molar-refractivity contribution in [2.45, 2.75) is 19.4 Å². The number of rotatable bonds is 4. The second-order valence-electron chi connectivity index (χ2n) is 6.57. The molecular formula is C19H20N4O3S. The third-order valence-corrected chi connectivity index (χ3v) is 5.52. The molecule has 0 bridgehead atoms. The van der Waals surface area contributed by atoms with Crippen LogP contribution >= 0.6 is 11.3 Å². The minimum Gasteiger partial charge on any atom is -0.497 e. The van der Waals surface area contributed by atoms with Gasteiger partial charge in [-0.1, -0.05) is 12.1 Å². The van der Waals surface area contributed by atoms with Crippen molar-refractivity contribution < 1.29 is 14.3 Å². The van der Waals surface area contributed by atoms with Crippen molar-refractivity contribution in [1.82, 2.24) is 19.6 Å². The van der Waals surface area contributed by atoms with Gasteiger partial charge in [-0.25, -0.2) is 4.98 Å². The molecule has 1 aliphatic heterocycles. The zero-order chi connectivity index (χ0) is 19.0. The minimum absolute atomic E-state index is 0.0238. The number of hydrogen-bond acceptors (Lipinski definition) is 5. The van der Waals surface area contributed by atoms with Crippen molar-refractivity contribution >= 4 is 28.1 Å². The largest absolute Gasteiger partial charge is 0.497 e. The highest BCUT2D eigenvalue weighted by Gasteiger charge is 2.29. The third-order valence-electron chi connectivity index (χ3n) is 4.68. The zero-order valence-corrected chi connectivity index (χ0v) is 16.0. The van der Waals surface area contributed by atoms with Gasteiger partial charge in [0, 0.05) is 43.2 Å². The second kappa shape index (κ2) is 7.03. The Bertz CT molecular complexity index is 1010. The van der Waals surface area contributed by atoms with Crippen LogP contribution in [-0.2, 0) is 4.79 Å². The number of ether oxygens (including phenoxy) is 1. The SMILES string of the molecule is COc1cccc(-c2cn3c(C(=O)N4CCC(NC(C)=O)C4)csc3n2)c1. The molecule has 1 unspecified atom stereocenters. The van der Waals surface area contributed by atoms with E-state index in [2.05, 4.69) is 10.3 Å². The number of carbonyl (C=O) groups is 2. The smallest absolute Gasteiger partial charge is 0.271 e. The molecule has 2 aromatic heterocycles. The number of benzene rings is 1. The summed E-state index contributed by atoms with van der Waals surface area (Å²) in [5.41, 5.74) is 2.34. The number of likely N-dealkylation sites (tertiary alicyclic amines) is 1. The first kappa shape index (κ1) is 17.5. The summed E-state index contributed by atoms with van der Waals surface area (Å²) in [6.45, 7) is 2.67. The van der Waals surface area contributed by atoms with Crippen LogP contribution in [0.15, 0.2) is 35.8 Å². The molecule has 4 rings (SSSR count). The molecule has 0 radical (unpaired) electrons. The van der Waals surface area contributed by atoms with E-state index in [1.165, 1.54) is 18.3 Å². The average Bonchev–Trinajstić information content (AvgIpc) is 3.36. The number of hydrogen-bond donors (Lipinski definition) is 1. The lowest BCUT2D eigenvalue weighted by molar-refractivity contribution is -0.119. The lowest BCUT2D eigenvalue weighted by Gasteiger charge is -2.16. The van der Waals surface area contributed by atoms with E-state index in [0.29, 0.717) is 18.8 Å². The van der Waals surface area contributed by atoms with Gasteiger partial charge in [0.15, 0.2) is 4.96 Å². The Hall–Kier alpha value is -2.87. The minimum atomic E-state index is -0.0650. The monoisotopic (exact) mass is 384 g/mol. The molecule has 1 saturated heterocycles. The second-order valence-corrected chi connectivity index (χ2v) is 7.41. The fourth-order valence-corrected chi connectivity index (χ4v) is 4.22. The molecule has 3 heterocycles. The predicted molar refractivity (Wildman–Crippen MR) is 103 cm³/mol. The summed E-state index contributed by atoms with van der Waals surface area (Å²) in [7, 11) is 1.63. The van der Waals surface area contributed by atoms with Gasteiger partial charge in [-0.05, 0) is 18.6 Å². The van der Waals surface area contributed by atoms with Crippen LogP contribution in [0.3, 0.4) is 0 Å². The van der Waals surface area contributed by atoms with Crippen LogP contribution in [0.1, 0.15) is 23.8 Å². The standard InChI is InChI=1S/C19H20N4O3S/c1-12(24)20-14-6-7-22(9-14)18(25)17-11-27-19-21-16(10-23(17)19)13-4-3-5-15(8-13)26-2/h3-5,8,10-11,14H,6-7,9H2,1-2H3,(H,20,24). The maximum absolute atomic E-state index is 13.0. The molecule has 0 aliphatic carbocycles. The maximum atomic E-state index is 13.0. The number of fused-ring (bicyclic) bond motifs is 1. The van der Waals surface area contributed by atoms with Gasteiger partial charge in [0.2, 0.25) is 5.91 Å². The molecule has 3 aromatic rings. The average molecular weight is 384 g/mol. The summed E-state index contributed by atoms with van der Waals surface area (Å²) in [5, 5.41) is 4.72. The highest BCUT2D eigenvalue weighted by molar-refractivity contribution is 7.15. The number of amides is 2. The Morgan fingerprint density at radius 1 is 1.37 bits per heavy atom. The normalized spacial score (nSPS) is 16.7. The van der Waals surface area contributed by atoms with Gasteiger partial charge >= 0.3 is 0 Å². The van der Waals surface area contributed by atoms with Crippen LogP contribution in [-0.4, -0.2) is 52.3 Å². The Morgan fingerprint density at radius 3 is 3.00 bits per heavy atom. The van der Waals surface area contributed by atoms with E-state index in [1.54, 1.807) is 12.0 Å². The number of imidazole rings is 1. The number of nitrogens with zero attached hydrogens (tertiary/aromatic N) is 3. The molecule has 140 valence electrons. The molecule has 1 aromatic carbocycles. The Balaban J connectivity index is 1.59. The van der Waals surface area contributed by atoms with Crippen molar-refractivity contribution in [1.29, 1.82) is 0 Å². The lowest BCUT2D eigenvalue weighted by Crippen LogP contribution is -2.37. The number of thiazole rings is 1. The van der Waals surface area contributed by atoms with Crippen molar-refractivity contribution in [3.63, 3.8) is 0 Å². The summed E-state index contributed by atoms with van der Waals surface area (Å²) < 4.78 is 7.12. The van der Waals surface area contributed by atoms with Gasteiger partial charge in [0.25, 0.3) is 5.91 Å². The maximum Gasteiger partial charge on any atom is 0.271 e. The van der Waals surface area contributed by atoms with Gasteiger partial charge in [-0.15, -0.1) is 11.3 Å². The molecule has 0 saturated carbocycles. The first-order valence-electron chi connectivity index (χ1n) is 8.72. The van der Waals surface area contributed by atoms with Gasteiger partial charge in [0.05, 0.1) is 12.8 Å². The van der Waals surface area contributed by atoms with Crippen LogP contribution in [0.2, 0.25) is 0 Å². The van der Waals surface area contributed by atoms with E-state index in [4.69, 9.17) is 4.74 Å². The predicted octanol–water partition coefficient (Wildman–Crippen LogP) is 2.42. The van der Waals surface area contributed by atoms with Crippen LogP contribution in [0.5, 0.6) is 5.75 Å². The summed E-state index contributed by atoms with van der Waals surface area (Å²) >= 11 is 1.44. The molecule has 2 amide bonds. The van der Waals surface area contributed by atoms with Crippen LogP contribution in [0, 0.1) is 0 Å². The van der Waals surface area contributed by atoms with Crippen LogP contribution < -0.4 is 10.1 Å². The topological polar surface area (TPSA) is 75.9 Å². The van der Waals surface area contributed by atoms with Crippen LogP contribution in [0.25, 0.3) is 16.2 Å². The van der Waals surface area contributed by atoms with E-state index in [1.807, 2.05) is 40.2 Å². The third kappa shape index (κ3) is 3.40. The van der Waals surface area contributed by atoms with E-state index in [0.717, 1.165) is 28.4 Å². The van der Waals surface area contributed by atoms with Gasteiger partial charge in [0.1, 0.15) is 11.4 Å². The molecule has 8 heteroatoms. The number of carbonyl (C=O) groups excluding carboxylic acids is 2. The van der Waals surface area contributed by atoms with Crippen molar-refractivity contribution in [3.8, 4) is 17.0 Å². The van der Waals surface area contributed by atoms with E-state index >= 15 is 0 Å². The Morgan fingerprint density at radius 2 is 2.22 bits per heavy atom. The molecule has 1 N–H and O–H groups in total. The Kier molecular flexibility index (Phi) is 4.57. The summed E-state index contributed by atoms with van der Waals surface area (Å²) in [5.74, 6) is 0.662. The number of aromatic nitrogens is 2. The van der Waals surface area contributed by atoms with E-state index in [-0.39, 0.29) is 17.9 Å². The lowest BCUT2D eigenvalue weighted by atomic mass is 10.1. The first-order chi connectivity index (χ1) is 13.0. The molecule has 1 atom stereocenters. The van der Waals surface area contributed by atoms with Gasteiger partial charge in [-0.3, -0.25) is 14.0 Å². The molecule has 0 spiro atoms. The quantitative estimate of drug-likeness (QED) is 0.750. The highest BCUT2D eigenvalue weighted by Crippen LogP contribution is 2.27. The number of methoxy groups -OCH3 is 1. The Labute approximate surface area is 160 Å². The molecule has 1 aliphatic rings. The summed E-state index contributed by atoms with van der Waals surface area (Å²) in [6, 6.07) is 7.72. The molecular weight excluding hydrogens is 364 g/mol. The fraction of sp³-hybridized carbons (Fsp3) is 0.316. The van der Waals surface area contributed by atoms with Gasteiger partial charge in [-0.2, -0.15) is 0 Å². The van der Waals surface area contributed by atoms with Crippen molar-refractivity contribution in [2.24, 2.45) is 0 Å². The van der Waals surface area contributed by atoms with Crippen molar-refractivity contribution in [3.05, 3.63) is 41.5 Å².